The van der Waals surface area contributed by atoms with E-state index >= 15 is 0 Å². The molecule has 2 rings (SSSR count). The number of hydrogen-bond acceptors (Lipinski definition) is 3. The van der Waals surface area contributed by atoms with Gasteiger partial charge in [0, 0.05) is 6.42 Å². The molecule has 18 heavy (non-hydrogen) atoms. The van der Waals surface area contributed by atoms with E-state index in [1.54, 1.807) is 0 Å². The number of nitrogens with zero attached hydrogens (tertiary/aromatic N) is 2. The number of rotatable bonds is 3. The summed E-state index contributed by atoms with van der Waals surface area (Å²) in [5, 5.41) is 5.87. The van der Waals surface area contributed by atoms with Crippen molar-refractivity contribution in [3.63, 3.8) is 0 Å². The molecule has 0 saturated heterocycles. The molecule has 1 aromatic heterocycles. The third-order valence-corrected chi connectivity index (χ3v) is 2.30. The van der Waals surface area contributed by atoms with Gasteiger partial charge in [-0.2, -0.15) is 18.3 Å². The van der Waals surface area contributed by atoms with Gasteiger partial charge in [-0.1, -0.05) is 18.2 Å². The van der Waals surface area contributed by atoms with Crippen molar-refractivity contribution in [3.05, 3.63) is 47.5 Å². The molecule has 1 N–H and O–H groups in total. The van der Waals surface area contributed by atoms with Gasteiger partial charge in [0.15, 0.2) is 5.82 Å². The van der Waals surface area contributed by atoms with E-state index in [0.29, 0.717) is 0 Å². The Hall–Kier alpha value is -2.18. The first-order chi connectivity index (χ1) is 8.47. The second kappa shape index (κ2) is 4.59. The molecule has 0 fully saturated rings. The average Bonchev–Trinajstić information content (AvgIpc) is 2.81. The van der Waals surface area contributed by atoms with Crippen molar-refractivity contribution in [1.29, 1.82) is 0 Å². The number of benzene rings is 1. The Kier molecular flexibility index (Phi) is 3.14. The summed E-state index contributed by atoms with van der Waals surface area (Å²) in [4.78, 5) is 15.3. The third-order valence-electron chi connectivity index (χ3n) is 2.30. The predicted octanol–water partition coefficient (Wildman–Crippen LogP) is 2.25. The summed E-state index contributed by atoms with van der Waals surface area (Å²) in [6.07, 6.45) is -3.40. The van der Waals surface area contributed by atoms with Crippen molar-refractivity contribution >= 4 is 5.78 Å². The van der Waals surface area contributed by atoms with Crippen LogP contribution in [0.3, 0.4) is 0 Å². The molecule has 0 saturated carbocycles. The monoisotopic (exact) mass is 255 g/mol. The lowest BCUT2D eigenvalue weighted by molar-refractivity contribution is -0.137. The summed E-state index contributed by atoms with van der Waals surface area (Å²) < 4.78 is 37.4. The lowest BCUT2D eigenvalue weighted by Crippen LogP contribution is -2.09. The average molecular weight is 255 g/mol. The van der Waals surface area contributed by atoms with Gasteiger partial charge in [0.05, 0.1) is 5.56 Å². The number of halogens is 3. The van der Waals surface area contributed by atoms with E-state index in [9.17, 15) is 18.0 Å². The highest BCUT2D eigenvalue weighted by Gasteiger charge is 2.30. The summed E-state index contributed by atoms with van der Waals surface area (Å²) in [5.74, 6) is -0.376. The quantitative estimate of drug-likeness (QED) is 0.856. The molecule has 0 aliphatic heterocycles. The first-order valence-electron chi connectivity index (χ1n) is 5.01. The minimum atomic E-state index is -4.41. The van der Waals surface area contributed by atoms with Crippen LogP contribution < -0.4 is 0 Å². The zero-order valence-electron chi connectivity index (χ0n) is 9.03. The van der Waals surface area contributed by atoms with Gasteiger partial charge in [0.1, 0.15) is 6.33 Å². The van der Waals surface area contributed by atoms with E-state index in [2.05, 4.69) is 15.2 Å². The molecule has 0 spiro atoms. The molecule has 0 amide bonds. The zero-order chi connectivity index (χ0) is 13.2. The third kappa shape index (κ3) is 2.73. The van der Waals surface area contributed by atoms with Crippen LogP contribution >= 0.6 is 0 Å². The van der Waals surface area contributed by atoms with Gasteiger partial charge in [0.2, 0.25) is 5.78 Å². The molecular weight excluding hydrogens is 247 g/mol. The van der Waals surface area contributed by atoms with Crippen molar-refractivity contribution in [2.24, 2.45) is 0 Å². The molecular formula is C11H8F3N3O. The summed E-state index contributed by atoms with van der Waals surface area (Å²) >= 11 is 0. The molecule has 7 heteroatoms. The first-order valence-corrected chi connectivity index (χ1v) is 5.01. The number of aromatic amines is 1. The van der Waals surface area contributed by atoms with Crippen molar-refractivity contribution in [3.8, 4) is 0 Å². The topological polar surface area (TPSA) is 58.6 Å². The Morgan fingerprint density at radius 3 is 2.72 bits per heavy atom. The first kappa shape index (κ1) is 12.3. The normalized spacial score (nSPS) is 11.5. The van der Waals surface area contributed by atoms with E-state index in [-0.39, 0.29) is 17.8 Å². The van der Waals surface area contributed by atoms with E-state index in [0.717, 1.165) is 12.1 Å². The Balaban J connectivity index is 2.18. The Morgan fingerprint density at radius 2 is 2.11 bits per heavy atom. The SMILES string of the molecule is O=C(Cc1cccc(C(F)(F)F)c1)c1ncn[nH]1. The molecule has 1 aromatic carbocycles. The largest absolute Gasteiger partial charge is 0.416 e. The highest BCUT2D eigenvalue weighted by Crippen LogP contribution is 2.29. The molecule has 4 nitrogen and oxygen atoms in total. The van der Waals surface area contributed by atoms with Crippen LogP contribution in [-0.2, 0) is 12.6 Å². The fraction of sp³-hybridized carbons (Fsp3) is 0.182. The minimum Gasteiger partial charge on any atom is -0.290 e. The van der Waals surface area contributed by atoms with Crippen LogP contribution in [0.25, 0.3) is 0 Å². The van der Waals surface area contributed by atoms with Crippen molar-refractivity contribution in [1.82, 2.24) is 15.2 Å². The smallest absolute Gasteiger partial charge is 0.290 e. The van der Waals surface area contributed by atoms with Crippen LogP contribution in [0.1, 0.15) is 21.7 Å². The molecule has 0 unspecified atom stereocenters. The summed E-state index contributed by atoms with van der Waals surface area (Å²) in [5.41, 5.74) is -0.489. The maximum atomic E-state index is 12.5. The maximum Gasteiger partial charge on any atom is 0.416 e. The number of hydrogen-bond donors (Lipinski definition) is 1. The Labute approximate surface area is 99.9 Å². The standard InChI is InChI=1S/C11H8F3N3O/c12-11(13,14)8-3-1-2-7(4-8)5-9(18)10-15-6-16-17-10/h1-4,6H,5H2,(H,15,16,17). The van der Waals surface area contributed by atoms with Crippen LogP contribution in [0.4, 0.5) is 13.2 Å². The van der Waals surface area contributed by atoms with Crippen LogP contribution in [0.2, 0.25) is 0 Å². The number of carbonyl (C=O) groups excluding carboxylic acids is 1. The maximum absolute atomic E-state index is 12.5. The lowest BCUT2D eigenvalue weighted by atomic mass is 10.1. The molecule has 2 aromatic rings. The van der Waals surface area contributed by atoms with E-state index < -0.39 is 17.5 Å². The van der Waals surface area contributed by atoms with Gasteiger partial charge >= 0.3 is 6.18 Å². The van der Waals surface area contributed by atoms with Gasteiger partial charge in [0.25, 0.3) is 0 Å². The van der Waals surface area contributed by atoms with Gasteiger partial charge < -0.3 is 0 Å². The van der Waals surface area contributed by atoms with Crippen molar-refractivity contribution in [2.45, 2.75) is 12.6 Å². The van der Waals surface area contributed by atoms with E-state index in [1.165, 1.54) is 18.5 Å². The summed E-state index contributed by atoms with van der Waals surface area (Å²) in [6, 6.07) is 4.64. The van der Waals surface area contributed by atoms with E-state index in [4.69, 9.17) is 0 Å². The molecule has 1 heterocycles. The van der Waals surface area contributed by atoms with E-state index in [1.807, 2.05) is 0 Å². The number of alkyl halides is 3. The van der Waals surface area contributed by atoms with Gasteiger partial charge in [-0.05, 0) is 11.6 Å². The number of H-pyrrole nitrogens is 1. The highest BCUT2D eigenvalue weighted by molar-refractivity contribution is 5.93. The van der Waals surface area contributed by atoms with Crippen molar-refractivity contribution < 1.29 is 18.0 Å². The number of ketones is 1. The van der Waals surface area contributed by atoms with Crippen LogP contribution in [0.5, 0.6) is 0 Å². The number of Topliss-reactive ketones (excluding diaryl/α,β-unsaturated/α-hetero) is 1. The molecule has 0 aliphatic rings. The van der Waals surface area contributed by atoms with Crippen molar-refractivity contribution in [2.75, 3.05) is 0 Å². The molecule has 94 valence electrons. The van der Waals surface area contributed by atoms with Gasteiger partial charge in [-0.3, -0.25) is 9.89 Å². The summed E-state index contributed by atoms with van der Waals surface area (Å²) in [6.45, 7) is 0. The van der Waals surface area contributed by atoms with Crippen LogP contribution in [0.15, 0.2) is 30.6 Å². The number of nitrogens with one attached hydrogen (secondary N) is 1. The summed E-state index contributed by atoms with van der Waals surface area (Å²) in [7, 11) is 0. The van der Waals surface area contributed by atoms with Gasteiger partial charge in [-0.25, -0.2) is 4.98 Å². The second-order valence-corrected chi connectivity index (χ2v) is 3.63. The lowest BCUT2D eigenvalue weighted by Gasteiger charge is -2.07. The fourth-order valence-electron chi connectivity index (χ4n) is 1.47. The Morgan fingerprint density at radius 1 is 1.33 bits per heavy atom. The molecule has 0 atom stereocenters. The Bertz CT molecular complexity index is 549. The fourth-order valence-corrected chi connectivity index (χ4v) is 1.47. The van der Waals surface area contributed by atoms with Crippen LogP contribution in [-0.4, -0.2) is 21.0 Å². The number of carbonyl (C=O) groups is 1. The molecule has 0 aliphatic carbocycles. The second-order valence-electron chi connectivity index (χ2n) is 3.63. The number of aromatic nitrogens is 3. The predicted molar refractivity (Wildman–Crippen MR) is 55.9 cm³/mol. The zero-order valence-corrected chi connectivity index (χ0v) is 9.03. The van der Waals surface area contributed by atoms with Gasteiger partial charge in [-0.15, -0.1) is 0 Å². The molecule has 0 radical (unpaired) electrons. The minimum absolute atomic E-state index is 0.0346. The highest BCUT2D eigenvalue weighted by atomic mass is 19.4. The van der Waals surface area contributed by atoms with Crippen LogP contribution in [0, 0.1) is 0 Å². The molecule has 0 bridgehead atoms.